The number of hydrogen-bond donors (Lipinski definition) is 2. The number of ether oxygens (including phenoxy) is 1. The zero-order valence-corrected chi connectivity index (χ0v) is 15.0. The number of amides is 1. The van der Waals surface area contributed by atoms with Gasteiger partial charge in [0.25, 0.3) is 0 Å². The zero-order valence-electron chi connectivity index (χ0n) is 15.0. The van der Waals surface area contributed by atoms with Gasteiger partial charge in [0.15, 0.2) is 0 Å². The first kappa shape index (κ1) is 18.5. The summed E-state index contributed by atoms with van der Waals surface area (Å²) in [6, 6.07) is 3.63. The van der Waals surface area contributed by atoms with E-state index >= 15 is 0 Å². The molecule has 1 aliphatic heterocycles. The number of nitrogens with zero attached hydrogens (tertiary/aromatic N) is 3. The van der Waals surface area contributed by atoms with Crippen LogP contribution in [0.4, 0.5) is 0 Å². The summed E-state index contributed by atoms with van der Waals surface area (Å²) in [6.07, 6.45) is 6.09. The molecular weight excluding hydrogens is 334 g/mol. The Morgan fingerprint density at radius 3 is 2.85 bits per heavy atom. The van der Waals surface area contributed by atoms with Crippen molar-refractivity contribution in [3.05, 3.63) is 30.4 Å². The van der Waals surface area contributed by atoms with E-state index < -0.39 is 0 Å². The van der Waals surface area contributed by atoms with Gasteiger partial charge in [-0.15, -0.1) is 0 Å². The number of nitrogens with one attached hydrogen (secondary N) is 2. The van der Waals surface area contributed by atoms with Gasteiger partial charge in [0.2, 0.25) is 17.6 Å². The second-order valence-electron chi connectivity index (χ2n) is 6.71. The van der Waals surface area contributed by atoms with E-state index in [0.29, 0.717) is 37.7 Å². The summed E-state index contributed by atoms with van der Waals surface area (Å²) < 4.78 is 10.6. The van der Waals surface area contributed by atoms with Crippen LogP contribution in [0.1, 0.15) is 25.2 Å². The first-order valence-electron chi connectivity index (χ1n) is 8.90. The van der Waals surface area contributed by atoms with E-state index in [1.54, 1.807) is 19.5 Å². The van der Waals surface area contributed by atoms with Gasteiger partial charge < -0.3 is 19.9 Å². The first-order chi connectivity index (χ1) is 12.7. The van der Waals surface area contributed by atoms with Crippen molar-refractivity contribution in [2.24, 2.45) is 5.41 Å². The highest BCUT2D eigenvalue weighted by Crippen LogP contribution is 2.28. The lowest BCUT2D eigenvalue weighted by atomic mass is 9.79. The number of methoxy groups -OCH3 is 1. The summed E-state index contributed by atoms with van der Waals surface area (Å²) in [4.78, 5) is 20.5. The number of piperidine rings is 1. The van der Waals surface area contributed by atoms with Crippen molar-refractivity contribution in [3.8, 4) is 11.4 Å². The Hall–Kier alpha value is -2.32. The molecule has 1 saturated heterocycles. The predicted octanol–water partition coefficient (Wildman–Crippen LogP) is 1.20. The number of carbonyl (C=O) groups excluding carboxylic acids is 1. The lowest BCUT2D eigenvalue weighted by molar-refractivity contribution is -0.122. The van der Waals surface area contributed by atoms with Crippen LogP contribution in [0.25, 0.3) is 11.4 Å². The second kappa shape index (κ2) is 8.86. The summed E-state index contributed by atoms with van der Waals surface area (Å²) >= 11 is 0. The number of carbonyl (C=O) groups is 1. The molecule has 26 heavy (non-hydrogen) atoms. The van der Waals surface area contributed by atoms with E-state index in [4.69, 9.17) is 9.26 Å². The molecule has 3 rings (SSSR count). The molecule has 0 bridgehead atoms. The van der Waals surface area contributed by atoms with Gasteiger partial charge in [0.1, 0.15) is 0 Å². The molecule has 8 nitrogen and oxygen atoms in total. The van der Waals surface area contributed by atoms with Crippen LogP contribution in [0, 0.1) is 5.41 Å². The Balaban J connectivity index is 1.47. The van der Waals surface area contributed by atoms with E-state index in [2.05, 4.69) is 25.8 Å². The molecule has 0 aliphatic carbocycles. The summed E-state index contributed by atoms with van der Waals surface area (Å²) in [5.41, 5.74) is 0.862. The van der Waals surface area contributed by atoms with Gasteiger partial charge in [-0.1, -0.05) is 5.16 Å². The molecule has 0 atom stereocenters. The van der Waals surface area contributed by atoms with Crippen molar-refractivity contribution in [2.75, 3.05) is 33.4 Å². The molecule has 0 spiro atoms. The molecule has 140 valence electrons. The highest BCUT2D eigenvalue weighted by molar-refractivity contribution is 5.76. The molecule has 8 heteroatoms. The van der Waals surface area contributed by atoms with Crippen molar-refractivity contribution in [2.45, 2.75) is 25.7 Å². The quantitative estimate of drug-likeness (QED) is 0.730. The molecule has 0 saturated carbocycles. The zero-order chi connectivity index (χ0) is 18.2. The third-order valence-electron chi connectivity index (χ3n) is 4.75. The Kier molecular flexibility index (Phi) is 6.30. The molecule has 1 aliphatic rings. The molecule has 2 aromatic rings. The molecule has 0 aromatic carbocycles. The molecule has 0 unspecified atom stereocenters. The van der Waals surface area contributed by atoms with E-state index in [0.717, 1.165) is 31.5 Å². The van der Waals surface area contributed by atoms with Gasteiger partial charge in [0, 0.05) is 49.9 Å². The highest BCUT2D eigenvalue weighted by atomic mass is 16.5. The van der Waals surface area contributed by atoms with Gasteiger partial charge in [0.05, 0.1) is 6.61 Å². The minimum Gasteiger partial charge on any atom is -0.384 e. The van der Waals surface area contributed by atoms with Crippen LogP contribution in [-0.4, -0.2) is 54.4 Å². The topological polar surface area (TPSA) is 102 Å². The largest absolute Gasteiger partial charge is 0.384 e. The summed E-state index contributed by atoms with van der Waals surface area (Å²) in [6.45, 7) is 3.21. The Labute approximate surface area is 152 Å². The first-order valence-corrected chi connectivity index (χ1v) is 8.90. The average Bonchev–Trinajstić information content (AvgIpc) is 3.16. The van der Waals surface area contributed by atoms with Crippen molar-refractivity contribution < 1.29 is 14.1 Å². The number of aromatic nitrogens is 3. The van der Waals surface area contributed by atoms with Crippen molar-refractivity contribution >= 4 is 5.91 Å². The van der Waals surface area contributed by atoms with Crippen LogP contribution >= 0.6 is 0 Å². The van der Waals surface area contributed by atoms with Gasteiger partial charge >= 0.3 is 0 Å². The molecule has 2 N–H and O–H groups in total. The van der Waals surface area contributed by atoms with Crippen molar-refractivity contribution in [1.82, 2.24) is 25.8 Å². The maximum atomic E-state index is 12.2. The maximum absolute atomic E-state index is 12.2. The average molecular weight is 359 g/mol. The van der Waals surface area contributed by atoms with Gasteiger partial charge in [-0.2, -0.15) is 4.98 Å². The third kappa shape index (κ3) is 4.86. The fourth-order valence-corrected chi connectivity index (χ4v) is 3.21. The third-order valence-corrected chi connectivity index (χ3v) is 4.75. The van der Waals surface area contributed by atoms with Crippen LogP contribution in [-0.2, 0) is 16.0 Å². The van der Waals surface area contributed by atoms with Gasteiger partial charge in [-0.25, -0.2) is 0 Å². The van der Waals surface area contributed by atoms with Crippen molar-refractivity contribution in [1.29, 1.82) is 0 Å². The fraction of sp³-hybridized carbons (Fsp3) is 0.556. The molecule has 1 fully saturated rings. The molecule has 3 heterocycles. The Morgan fingerprint density at radius 1 is 1.35 bits per heavy atom. The van der Waals surface area contributed by atoms with Crippen LogP contribution in [0.3, 0.4) is 0 Å². The normalized spacial score (nSPS) is 16.3. The van der Waals surface area contributed by atoms with E-state index in [-0.39, 0.29) is 11.3 Å². The predicted molar refractivity (Wildman–Crippen MR) is 95.3 cm³/mol. The SMILES string of the molecule is COCC1(CNC(=O)CCc2nc(-c3ccncc3)no2)CCNCC1. The van der Waals surface area contributed by atoms with E-state index in [1.165, 1.54) is 0 Å². The molecule has 2 aromatic heterocycles. The summed E-state index contributed by atoms with van der Waals surface area (Å²) in [5, 5.41) is 10.3. The van der Waals surface area contributed by atoms with Crippen LogP contribution in [0.5, 0.6) is 0 Å². The fourth-order valence-electron chi connectivity index (χ4n) is 3.21. The molecule has 1 amide bonds. The Bertz CT molecular complexity index is 692. The number of hydrogen-bond acceptors (Lipinski definition) is 7. The van der Waals surface area contributed by atoms with Crippen molar-refractivity contribution in [3.63, 3.8) is 0 Å². The molecule has 0 radical (unpaired) electrons. The lowest BCUT2D eigenvalue weighted by Gasteiger charge is -2.37. The second-order valence-corrected chi connectivity index (χ2v) is 6.71. The van der Waals surface area contributed by atoms with Crippen LogP contribution in [0.15, 0.2) is 29.0 Å². The number of pyridine rings is 1. The minimum absolute atomic E-state index is 0.0114. The molecular formula is C18H25N5O3. The summed E-state index contributed by atoms with van der Waals surface area (Å²) in [5.74, 6) is 0.958. The summed E-state index contributed by atoms with van der Waals surface area (Å²) in [7, 11) is 1.71. The van der Waals surface area contributed by atoms with Gasteiger partial charge in [-0.3, -0.25) is 9.78 Å². The smallest absolute Gasteiger partial charge is 0.227 e. The maximum Gasteiger partial charge on any atom is 0.227 e. The Morgan fingerprint density at radius 2 is 2.12 bits per heavy atom. The minimum atomic E-state index is -0.0114. The number of aryl methyl sites for hydroxylation is 1. The van der Waals surface area contributed by atoms with E-state index in [1.807, 2.05) is 12.1 Å². The monoisotopic (exact) mass is 359 g/mol. The van der Waals surface area contributed by atoms with E-state index in [9.17, 15) is 4.79 Å². The number of rotatable bonds is 8. The van der Waals surface area contributed by atoms with Gasteiger partial charge in [-0.05, 0) is 38.1 Å². The highest BCUT2D eigenvalue weighted by Gasteiger charge is 2.32. The van der Waals surface area contributed by atoms with Crippen LogP contribution < -0.4 is 10.6 Å². The standard InChI is InChI=1S/C18H25N5O3/c1-25-13-18(6-10-20-11-7-18)12-21-15(24)2-3-16-22-17(23-26-16)14-4-8-19-9-5-14/h4-5,8-9,20H,2-3,6-7,10-13H2,1H3,(H,21,24). The van der Waals surface area contributed by atoms with Crippen LogP contribution in [0.2, 0.25) is 0 Å². The lowest BCUT2D eigenvalue weighted by Crippen LogP contribution is -2.47.